The number of hydrogen-bond acceptors (Lipinski definition) is 4. The van der Waals surface area contributed by atoms with Crippen LogP contribution in [0.5, 0.6) is 0 Å². The number of nitrogens with zero attached hydrogens (tertiary/aromatic N) is 3. The van der Waals surface area contributed by atoms with Crippen LogP contribution in [0.3, 0.4) is 0 Å². The Hall–Kier alpha value is -2.29. The summed E-state index contributed by atoms with van der Waals surface area (Å²) in [6, 6.07) is 5.88. The molecule has 1 aliphatic carbocycles. The molecule has 9 heteroatoms. The molecular formula is C27H39F3N4O2. The zero-order chi connectivity index (χ0) is 25.7. The van der Waals surface area contributed by atoms with E-state index in [2.05, 4.69) is 10.2 Å². The van der Waals surface area contributed by atoms with Crippen LogP contribution in [0, 0.1) is 11.8 Å². The van der Waals surface area contributed by atoms with Gasteiger partial charge >= 0.3 is 6.18 Å². The number of amides is 2. The number of carbonyl (C=O) groups is 2. The SMILES string of the molecule is CC(=O)N1CCC(C(=O)NC2CCC(CCN3CCN(c4cccc(C(F)(F)F)c4)CC3)CC2)CC1. The predicted octanol–water partition coefficient (Wildman–Crippen LogP) is 4.15. The molecule has 1 aromatic carbocycles. The van der Waals surface area contributed by atoms with Gasteiger partial charge in [0.15, 0.2) is 0 Å². The number of alkyl halides is 3. The lowest BCUT2D eigenvalue weighted by Gasteiger charge is -2.37. The Morgan fingerprint density at radius 1 is 0.944 bits per heavy atom. The van der Waals surface area contributed by atoms with E-state index in [-0.39, 0.29) is 23.8 Å². The van der Waals surface area contributed by atoms with E-state index < -0.39 is 11.7 Å². The first-order valence-electron chi connectivity index (χ1n) is 13.4. The van der Waals surface area contributed by atoms with Crippen LogP contribution < -0.4 is 10.2 Å². The van der Waals surface area contributed by atoms with E-state index >= 15 is 0 Å². The second-order valence-electron chi connectivity index (χ2n) is 10.7. The molecule has 2 amide bonds. The van der Waals surface area contributed by atoms with E-state index in [1.165, 1.54) is 12.1 Å². The van der Waals surface area contributed by atoms with Gasteiger partial charge in [-0.15, -0.1) is 0 Å². The van der Waals surface area contributed by atoms with Crippen LogP contribution >= 0.6 is 0 Å². The minimum Gasteiger partial charge on any atom is -0.369 e. The molecule has 1 N–H and O–H groups in total. The fourth-order valence-corrected chi connectivity index (χ4v) is 5.84. The van der Waals surface area contributed by atoms with Crippen LogP contribution in [0.1, 0.15) is 57.4 Å². The van der Waals surface area contributed by atoms with Gasteiger partial charge in [0.1, 0.15) is 0 Å². The van der Waals surface area contributed by atoms with Gasteiger partial charge in [0.25, 0.3) is 0 Å². The molecule has 2 saturated heterocycles. The van der Waals surface area contributed by atoms with Crippen molar-refractivity contribution in [2.45, 2.75) is 64.1 Å². The van der Waals surface area contributed by atoms with Crippen LogP contribution in [0.4, 0.5) is 18.9 Å². The highest BCUT2D eigenvalue weighted by Crippen LogP contribution is 2.32. The van der Waals surface area contributed by atoms with Crippen LogP contribution in [0.15, 0.2) is 24.3 Å². The Bertz CT molecular complexity index is 885. The summed E-state index contributed by atoms with van der Waals surface area (Å²) in [4.78, 5) is 30.4. The largest absolute Gasteiger partial charge is 0.416 e. The van der Waals surface area contributed by atoms with Crippen LogP contribution in [-0.4, -0.2) is 73.5 Å². The number of hydrogen-bond donors (Lipinski definition) is 1. The number of anilines is 1. The van der Waals surface area contributed by atoms with E-state index in [1.54, 1.807) is 13.0 Å². The summed E-state index contributed by atoms with van der Waals surface area (Å²) in [5, 5.41) is 3.26. The standard InChI is InChI=1S/C27H39F3N4O2/c1-20(35)33-13-10-22(11-14-33)26(36)31-24-7-5-21(6-8-24)9-12-32-15-17-34(18-16-32)25-4-2-3-23(19-25)27(28,29)30/h2-4,19,21-22,24H,5-18H2,1H3,(H,31,36). The summed E-state index contributed by atoms with van der Waals surface area (Å²) in [5.41, 5.74) is 0.0573. The molecule has 36 heavy (non-hydrogen) atoms. The second-order valence-corrected chi connectivity index (χ2v) is 10.7. The first-order valence-corrected chi connectivity index (χ1v) is 13.4. The first kappa shape index (κ1) is 26.8. The molecule has 1 aromatic rings. The van der Waals surface area contributed by atoms with Gasteiger partial charge in [-0.25, -0.2) is 0 Å². The summed E-state index contributed by atoms with van der Waals surface area (Å²) in [7, 11) is 0. The molecule has 2 heterocycles. The lowest BCUT2D eigenvalue weighted by Crippen LogP contribution is -2.47. The van der Waals surface area contributed by atoms with Crippen molar-refractivity contribution < 1.29 is 22.8 Å². The molecule has 0 radical (unpaired) electrons. The molecule has 0 bridgehead atoms. The summed E-state index contributed by atoms with van der Waals surface area (Å²) in [6.07, 6.45) is 2.61. The van der Waals surface area contributed by atoms with E-state index in [9.17, 15) is 22.8 Å². The van der Waals surface area contributed by atoms with Crippen molar-refractivity contribution >= 4 is 17.5 Å². The predicted molar refractivity (Wildman–Crippen MR) is 134 cm³/mol. The highest BCUT2D eigenvalue weighted by molar-refractivity contribution is 5.79. The number of piperazine rings is 1. The molecule has 0 unspecified atom stereocenters. The molecule has 3 fully saturated rings. The third-order valence-corrected chi connectivity index (χ3v) is 8.27. The minimum atomic E-state index is -4.31. The molecule has 2 aliphatic heterocycles. The molecule has 4 rings (SSSR count). The number of likely N-dealkylation sites (tertiary alicyclic amines) is 1. The minimum absolute atomic E-state index is 0.0212. The van der Waals surface area contributed by atoms with Gasteiger partial charge in [-0.3, -0.25) is 14.5 Å². The van der Waals surface area contributed by atoms with Crippen molar-refractivity contribution in [3.8, 4) is 0 Å². The Labute approximate surface area is 212 Å². The molecule has 0 atom stereocenters. The zero-order valence-electron chi connectivity index (χ0n) is 21.2. The van der Waals surface area contributed by atoms with Gasteiger partial charge in [0, 0.05) is 63.8 Å². The van der Waals surface area contributed by atoms with Gasteiger partial charge < -0.3 is 15.1 Å². The van der Waals surface area contributed by atoms with Gasteiger partial charge in [-0.1, -0.05) is 6.07 Å². The Balaban J connectivity index is 1.12. The van der Waals surface area contributed by atoms with Gasteiger partial charge in [0.05, 0.1) is 5.56 Å². The zero-order valence-corrected chi connectivity index (χ0v) is 21.2. The summed E-state index contributed by atoms with van der Waals surface area (Å²) < 4.78 is 39.1. The number of nitrogens with one attached hydrogen (secondary N) is 1. The first-order chi connectivity index (χ1) is 17.2. The van der Waals surface area contributed by atoms with Crippen LogP contribution in [0.25, 0.3) is 0 Å². The average molecular weight is 509 g/mol. The number of piperidine rings is 1. The molecule has 200 valence electrons. The highest BCUT2D eigenvalue weighted by atomic mass is 19.4. The third kappa shape index (κ3) is 7.14. The molecule has 1 saturated carbocycles. The summed E-state index contributed by atoms with van der Waals surface area (Å²) in [5.74, 6) is 0.927. The maximum absolute atomic E-state index is 13.0. The van der Waals surface area contributed by atoms with E-state index in [4.69, 9.17) is 0 Å². The molecule has 0 spiro atoms. The number of carbonyl (C=O) groups excluding carboxylic acids is 2. The van der Waals surface area contributed by atoms with Gasteiger partial charge in [-0.05, 0) is 75.6 Å². The smallest absolute Gasteiger partial charge is 0.369 e. The Morgan fingerprint density at radius 2 is 1.61 bits per heavy atom. The summed E-state index contributed by atoms with van der Waals surface area (Å²) >= 11 is 0. The normalized spacial score (nSPS) is 24.6. The third-order valence-electron chi connectivity index (χ3n) is 8.27. The lowest BCUT2D eigenvalue weighted by molar-refractivity contribution is -0.137. The number of rotatable bonds is 6. The monoisotopic (exact) mass is 508 g/mol. The van der Waals surface area contributed by atoms with Crippen molar-refractivity contribution in [3.63, 3.8) is 0 Å². The van der Waals surface area contributed by atoms with Gasteiger partial charge in [0.2, 0.25) is 11.8 Å². The van der Waals surface area contributed by atoms with Crippen molar-refractivity contribution in [2.75, 3.05) is 50.7 Å². The Morgan fingerprint density at radius 3 is 2.22 bits per heavy atom. The van der Waals surface area contributed by atoms with E-state index in [0.717, 1.165) is 83.7 Å². The molecule has 3 aliphatic rings. The second kappa shape index (κ2) is 11.8. The van der Waals surface area contributed by atoms with E-state index in [0.29, 0.717) is 24.7 Å². The maximum Gasteiger partial charge on any atom is 0.416 e. The molecule has 6 nitrogen and oxygen atoms in total. The van der Waals surface area contributed by atoms with Crippen LogP contribution in [-0.2, 0) is 15.8 Å². The highest BCUT2D eigenvalue weighted by Gasteiger charge is 2.32. The Kier molecular flexibility index (Phi) is 8.80. The van der Waals surface area contributed by atoms with Crippen molar-refractivity contribution in [1.82, 2.24) is 15.1 Å². The maximum atomic E-state index is 13.0. The van der Waals surface area contributed by atoms with Crippen molar-refractivity contribution in [1.29, 1.82) is 0 Å². The number of benzene rings is 1. The van der Waals surface area contributed by atoms with Crippen molar-refractivity contribution in [2.24, 2.45) is 11.8 Å². The lowest BCUT2D eigenvalue weighted by atomic mass is 9.83. The number of halogens is 3. The van der Waals surface area contributed by atoms with Gasteiger partial charge in [-0.2, -0.15) is 13.2 Å². The molecular weight excluding hydrogens is 469 g/mol. The topological polar surface area (TPSA) is 55.9 Å². The average Bonchev–Trinajstić information content (AvgIpc) is 2.88. The fourth-order valence-electron chi connectivity index (χ4n) is 5.84. The quantitative estimate of drug-likeness (QED) is 0.627. The van der Waals surface area contributed by atoms with Crippen molar-refractivity contribution in [3.05, 3.63) is 29.8 Å². The van der Waals surface area contributed by atoms with E-state index in [1.807, 2.05) is 9.80 Å². The molecule has 0 aromatic heterocycles. The fraction of sp³-hybridized carbons (Fsp3) is 0.704. The summed E-state index contributed by atoms with van der Waals surface area (Å²) in [6.45, 7) is 7.17. The van der Waals surface area contributed by atoms with Crippen LogP contribution in [0.2, 0.25) is 0 Å².